The van der Waals surface area contributed by atoms with Crippen molar-refractivity contribution < 1.29 is 42.9 Å². The molecule has 2 aliphatic rings. The predicted molar refractivity (Wildman–Crippen MR) is 234 cm³/mol. The number of likely N-dealkylation sites (tertiary alicyclic amines) is 1. The number of piperidine rings is 1. The van der Waals surface area contributed by atoms with Crippen molar-refractivity contribution in [2.24, 2.45) is 23.7 Å². The van der Waals surface area contributed by atoms with Crippen molar-refractivity contribution in [1.29, 1.82) is 0 Å². The third-order valence-electron chi connectivity index (χ3n) is 10.5. The lowest BCUT2D eigenvalue weighted by Gasteiger charge is -2.40. The van der Waals surface area contributed by atoms with Gasteiger partial charge in [-0.3, -0.25) is 19.2 Å². The lowest BCUT2D eigenvalue weighted by atomic mass is 9.90. The summed E-state index contributed by atoms with van der Waals surface area (Å²) < 4.78 is 24.9. The largest absolute Gasteiger partial charge is 0.480 e. The molecule has 13 nitrogen and oxygen atoms in total. The van der Waals surface area contributed by atoms with E-state index in [9.17, 15) is 28.4 Å². The fraction of sp³-hybridized carbons (Fsp3) is 0.756. The number of hydrogen-bond acceptors (Lipinski definition) is 8. The third-order valence-corrected chi connectivity index (χ3v) is 10.5. The molecule has 4 amide bonds. The number of nitrogens with zero attached hydrogens (tertiary/aromatic N) is 2. The minimum Gasteiger partial charge on any atom is -0.480 e. The van der Waals surface area contributed by atoms with Gasteiger partial charge in [-0.25, -0.2) is 9.18 Å². The van der Waals surface area contributed by atoms with E-state index in [1.54, 1.807) is 39.3 Å². The molecule has 0 bridgehead atoms. The van der Waals surface area contributed by atoms with E-state index in [1.807, 2.05) is 41.5 Å². The van der Waals surface area contributed by atoms with Gasteiger partial charge in [-0.2, -0.15) is 0 Å². The standard InChI is InChI=1S/C28H52N4O5.C10H10FNO3.C3H8.2C2H6/c1-11-18(6)26(31(8)24(34)15-30-28(35)25(29-7)16(2)3)22(36-9)14-23(33)32-20-12-19(20)13-21(32)27(37-10)17(4)5;11-8-4-2-1-3-7(8)5-9(10(14)15)12-6-13;1-3-2;2*1-2/h16-22,25-27,29H,11-15H2,1-10H3,(H,30,35);1-4,6,9H,5H2,(H,12,13)(H,14,15);3H2,1-2H3;2*1-2H3/t18?,19?,20?,21-,22?,25?,26?,27?;;;;/m0..../s1. The topological polar surface area (TPSA) is 167 Å². The van der Waals surface area contributed by atoms with E-state index >= 15 is 0 Å². The zero-order valence-corrected chi connectivity index (χ0v) is 39.3. The molecule has 1 saturated carbocycles. The maximum atomic E-state index is 13.7. The Kier molecular flexibility index (Phi) is 30.5. The summed E-state index contributed by atoms with van der Waals surface area (Å²) >= 11 is 0. The summed E-state index contributed by atoms with van der Waals surface area (Å²) in [5, 5.41) is 16.6. The van der Waals surface area contributed by atoms with Crippen LogP contribution in [0.1, 0.15) is 121 Å². The summed E-state index contributed by atoms with van der Waals surface area (Å²) in [7, 11) is 6.83. The number of halogens is 1. The summed E-state index contributed by atoms with van der Waals surface area (Å²) in [5.74, 6) is -0.912. The molecule has 8 unspecified atom stereocenters. The van der Waals surface area contributed by atoms with Gasteiger partial charge < -0.3 is 40.3 Å². The predicted octanol–water partition coefficient (Wildman–Crippen LogP) is 6.32. The molecule has 3 rings (SSSR count). The monoisotopic (exact) mass is 840 g/mol. The van der Waals surface area contributed by atoms with Crippen molar-refractivity contribution >= 4 is 30.1 Å². The van der Waals surface area contributed by atoms with Crippen LogP contribution in [0, 0.1) is 29.5 Å². The Morgan fingerprint density at radius 3 is 1.98 bits per heavy atom. The highest BCUT2D eigenvalue weighted by molar-refractivity contribution is 5.87. The number of amides is 4. The Morgan fingerprint density at radius 1 is 0.966 bits per heavy atom. The van der Waals surface area contributed by atoms with E-state index in [1.165, 1.54) is 24.6 Å². The minimum absolute atomic E-state index is 0.00301. The van der Waals surface area contributed by atoms with Gasteiger partial charge in [0.05, 0.1) is 43.3 Å². The quantitative estimate of drug-likeness (QED) is 0.110. The highest BCUT2D eigenvalue weighted by Gasteiger charge is 2.56. The van der Waals surface area contributed by atoms with Gasteiger partial charge >= 0.3 is 5.97 Å². The smallest absolute Gasteiger partial charge is 0.326 e. The van der Waals surface area contributed by atoms with Gasteiger partial charge in [-0.1, -0.05) is 114 Å². The number of likely N-dealkylation sites (N-methyl/N-ethyl adjacent to an activating group) is 2. The first kappa shape index (κ1) is 57.5. The van der Waals surface area contributed by atoms with Crippen molar-refractivity contribution in [3.8, 4) is 0 Å². The molecule has 14 heteroatoms. The number of carboxylic acids is 1. The van der Waals surface area contributed by atoms with E-state index in [0.717, 1.165) is 19.3 Å². The number of rotatable bonds is 20. The van der Waals surface area contributed by atoms with Gasteiger partial charge in [0.1, 0.15) is 11.9 Å². The molecule has 0 aromatic heterocycles. The van der Waals surface area contributed by atoms with E-state index in [0.29, 0.717) is 24.3 Å². The number of nitrogens with one attached hydrogen (secondary N) is 3. The summed E-state index contributed by atoms with van der Waals surface area (Å²) in [6.07, 6.45) is 4.11. The van der Waals surface area contributed by atoms with E-state index in [-0.39, 0.29) is 78.7 Å². The molecule has 1 aliphatic carbocycles. The number of carbonyl (C=O) groups excluding carboxylic acids is 4. The van der Waals surface area contributed by atoms with Gasteiger partial charge in [0.15, 0.2) is 0 Å². The van der Waals surface area contributed by atoms with E-state index < -0.39 is 23.9 Å². The molecule has 9 atom stereocenters. The van der Waals surface area contributed by atoms with Gasteiger partial charge in [-0.15, -0.1) is 0 Å². The second kappa shape index (κ2) is 31.3. The zero-order valence-electron chi connectivity index (χ0n) is 39.3. The van der Waals surface area contributed by atoms with Crippen molar-refractivity contribution in [1.82, 2.24) is 25.8 Å². The lowest BCUT2D eigenvalue weighted by molar-refractivity contribution is -0.145. The molecular weight excluding hydrogens is 758 g/mol. The molecule has 1 saturated heterocycles. The summed E-state index contributed by atoms with van der Waals surface area (Å²) in [5.41, 5.74) is 0.263. The van der Waals surface area contributed by atoms with Crippen LogP contribution in [0.15, 0.2) is 24.3 Å². The molecule has 59 heavy (non-hydrogen) atoms. The maximum absolute atomic E-state index is 13.7. The number of aliphatic carboxylic acids is 1. The third kappa shape index (κ3) is 18.7. The normalized spacial score (nSPS) is 19.1. The van der Waals surface area contributed by atoms with Crippen molar-refractivity contribution in [2.75, 3.05) is 34.9 Å². The number of fused-ring (bicyclic) bond motifs is 1. The molecule has 342 valence electrons. The summed E-state index contributed by atoms with van der Waals surface area (Å²) in [6.45, 7) is 24.5. The van der Waals surface area contributed by atoms with Gasteiger partial charge in [0.25, 0.3) is 0 Å². The molecule has 4 N–H and O–H groups in total. The summed E-state index contributed by atoms with van der Waals surface area (Å²) in [6, 6.07) is 4.47. The first-order chi connectivity index (χ1) is 28.0. The van der Waals surface area contributed by atoms with Crippen LogP contribution in [0.25, 0.3) is 0 Å². The minimum atomic E-state index is -1.19. The zero-order chi connectivity index (χ0) is 46.0. The second-order valence-electron chi connectivity index (χ2n) is 15.4. The van der Waals surface area contributed by atoms with Crippen LogP contribution in [0.5, 0.6) is 0 Å². The number of benzene rings is 1. The average Bonchev–Trinajstić information content (AvgIpc) is 3.87. The molecule has 1 heterocycles. The first-order valence-electron chi connectivity index (χ1n) is 21.7. The van der Waals surface area contributed by atoms with Crippen molar-refractivity contribution in [2.45, 2.75) is 164 Å². The Balaban J connectivity index is 0. The number of methoxy groups -OCH3 is 2. The van der Waals surface area contributed by atoms with Crippen LogP contribution in [0.4, 0.5) is 4.39 Å². The van der Waals surface area contributed by atoms with E-state index in [2.05, 4.69) is 62.4 Å². The number of carbonyl (C=O) groups is 5. The Hall–Kier alpha value is -3.62. The highest BCUT2D eigenvalue weighted by Crippen LogP contribution is 2.50. The Labute approximate surface area is 356 Å². The second-order valence-corrected chi connectivity index (χ2v) is 15.4. The maximum Gasteiger partial charge on any atom is 0.326 e. The van der Waals surface area contributed by atoms with Gasteiger partial charge in [-0.05, 0) is 55.2 Å². The molecule has 2 fully saturated rings. The molecule has 1 aliphatic heterocycles. The molecular formula is C45H82FN5O8. The molecule has 0 radical (unpaired) electrons. The van der Waals surface area contributed by atoms with Crippen molar-refractivity contribution in [3.05, 3.63) is 35.6 Å². The Morgan fingerprint density at radius 2 is 1.54 bits per heavy atom. The average molecular weight is 840 g/mol. The first-order valence-corrected chi connectivity index (χ1v) is 21.7. The number of carboxylic acid groups (broad SMARTS) is 1. The lowest BCUT2D eigenvalue weighted by Crippen LogP contribution is -2.55. The summed E-state index contributed by atoms with van der Waals surface area (Å²) in [4.78, 5) is 64.0. The van der Waals surface area contributed by atoms with Gasteiger partial charge in [0.2, 0.25) is 24.1 Å². The fourth-order valence-electron chi connectivity index (χ4n) is 7.41. The van der Waals surface area contributed by atoms with Gasteiger partial charge in [0, 0.05) is 33.7 Å². The highest BCUT2D eigenvalue weighted by atomic mass is 19.1. The van der Waals surface area contributed by atoms with Crippen molar-refractivity contribution in [3.63, 3.8) is 0 Å². The Bertz CT molecular complexity index is 1350. The van der Waals surface area contributed by atoms with Crippen LogP contribution < -0.4 is 16.0 Å². The molecule has 0 spiro atoms. The van der Waals surface area contributed by atoms with Crippen LogP contribution in [0.3, 0.4) is 0 Å². The van der Waals surface area contributed by atoms with Crippen LogP contribution in [0.2, 0.25) is 0 Å². The van der Waals surface area contributed by atoms with Crippen LogP contribution >= 0.6 is 0 Å². The fourth-order valence-corrected chi connectivity index (χ4v) is 7.41. The SMILES string of the molecule is CC.CC.CCC.CCC(C)C(C(CC(=O)N1C2CC2C[C@H]1C(OC)C(C)C)OC)N(C)C(=O)CNC(=O)C(NC)C(C)C.O=CNC(Cc1ccccc1F)C(=O)O. The van der Waals surface area contributed by atoms with Crippen LogP contribution in [-0.4, -0.2) is 122 Å². The molecule has 1 aromatic carbocycles. The number of ether oxygens (including phenoxy) is 2. The van der Waals surface area contributed by atoms with Crippen LogP contribution in [-0.2, 0) is 39.9 Å². The molecule has 1 aromatic rings. The van der Waals surface area contributed by atoms with E-state index in [4.69, 9.17) is 14.6 Å². The number of hydrogen-bond donors (Lipinski definition) is 4.